The SMILES string of the molecule is c1ccc(Nn2cnc3c2CCCC3)cc1. The Balaban J connectivity index is 1.88. The van der Waals surface area contributed by atoms with Crippen molar-refractivity contribution in [1.29, 1.82) is 0 Å². The molecule has 3 rings (SSSR count). The van der Waals surface area contributed by atoms with Crippen LogP contribution in [0.25, 0.3) is 0 Å². The smallest absolute Gasteiger partial charge is 0.115 e. The maximum atomic E-state index is 4.45. The zero-order valence-electron chi connectivity index (χ0n) is 9.19. The van der Waals surface area contributed by atoms with E-state index in [1.165, 1.54) is 24.2 Å². The Labute approximate surface area is 95.1 Å². The number of nitrogens with zero attached hydrogens (tertiary/aromatic N) is 2. The van der Waals surface area contributed by atoms with Gasteiger partial charge in [-0.2, -0.15) is 0 Å². The summed E-state index contributed by atoms with van der Waals surface area (Å²) in [5.41, 5.74) is 7.07. The van der Waals surface area contributed by atoms with Crippen LogP contribution in [0.15, 0.2) is 36.7 Å². The van der Waals surface area contributed by atoms with Gasteiger partial charge in [0.2, 0.25) is 0 Å². The minimum absolute atomic E-state index is 1.10. The summed E-state index contributed by atoms with van der Waals surface area (Å²) >= 11 is 0. The average molecular weight is 213 g/mol. The summed E-state index contributed by atoms with van der Waals surface area (Å²) in [6.07, 6.45) is 6.70. The molecule has 1 aromatic heterocycles. The fraction of sp³-hybridized carbons (Fsp3) is 0.308. The number of aromatic nitrogens is 2. The van der Waals surface area contributed by atoms with Gasteiger partial charge in [0.15, 0.2) is 0 Å². The molecule has 3 heteroatoms. The van der Waals surface area contributed by atoms with Crippen molar-refractivity contribution in [2.45, 2.75) is 25.7 Å². The average Bonchev–Trinajstić information content (AvgIpc) is 2.74. The third-order valence-corrected chi connectivity index (χ3v) is 3.05. The van der Waals surface area contributed by atoms with Gasteiger partial charge in [0.05, 0.1) is 17.1 Å². The molecule has 1 N–H and O–H groups in total. The number of nitrogens with one attached hydrogen (secondary N) is 1. The predicted octanol–water partition coefficient (Wildman–Crippen LogP) is 2.64. The van der Waals surface area contributed by atoms with Gasteiger partial charge in [-0.1, -0.05) is 18.2 Å². The highest BCUT2D eigenvalue weighted by Crippen LogP contribution is 2.20. The third-order valence-electron chi connectivity index (χ3n) is 3.05. The summed E-state index contributed by atoms with van der Waals surface area (Å²) in [6, 6.07) is 10.2. The van der Waals surface area contributed by atoms with E-state index in [4.69, 9.17) is 0 Å². The maximum absolute atomic E-state index is 4.45. The van der Waals surface area contributed by atoms with Gasteiger partial charge in [0.1, 0.15) is 6.33 Å². The van der Waals surface area contributed by atoms with Gasteiger partial charge in [-0.05, 0) is 37.8 Å². The molecule has 0 radical (unpaired) electrons. The van der Waals surface area contributed by atoms with Crippen molar-refractivity contribution in [1.82, 2.24) is 9.66 Å². The molecule has 3 nitrogen and oxygen atoms in total. The Morgan fingerprint density at radius 2 is 1.88 bits per heavy atom. The number of hydrogen-bond acceptors (Lipinski definition) is 2. The summed E-state index contributed by atoms with van der Waals surface area (Å²) in [6.45, 7) is 0. The van der Waals surface area contributed by atoms with Crippen LogP contribution < -0.4 is 5.43 Å². The van der Waals surface area contributed by atoms with Gasteiger partial charge >= 0.3 is 0 Å². The molecule has 0 spiro atoms. The third kappa shape index (κ3) is 1.69. The van der Waals surface area contributed by atoms with E-state index in [0.717, 1.165) is 18.5 Å². The van der Waals surface area contributed by atoms with Crippen LogP contribution in [0.5, 0.6) is 0 Å². The minimum atomic E-state index is 1.10. The molecule has 0 atom stereocenters. The van der Waals surface area contributed by atoms with Crippen molar-refractivity contribution < 1.29 is 0 Å². The lowest BCUT2D eigenvalue weighted by molar-refractivity contribution is 0.649. The molecule has 0 saturated heterocycles. The van der Waals surface area contributed by atoms with Gasteiger partial charge in [0, 0.05) is 0 Å². The second-order valence-electron chi connectivity index (χ2n) is 4.19. The highest BCUT2D eigenvalue weighted by Gasteiger charge is 2.14. The number of anilines is 1. The van der Waals surface area contributed by atoms with Crippen molar-refractivity contribution in [2.24, 2.45) is 0 Å². The fourth-order valence-corrected chi connectivity index (χ4v) is 2.22. The number of rotatable bonds is 2. The number of hydrogen-bond donors (Lipinski definition) is 1. The van der Waals surface area contributed by atoms with E-state index in [2.05, 4.69) is 27.2 Å². The van der Waals surface area contributed by atoms with Crippen molar-refractivity contribution in [3.63, 3.8) is 0 Å². The summed E-state index contributed by atoms with van der Waals surface area (Å²) in [5, 5.41) is 0. The van der Waals surface area contributed by atoms with Crippen LogP contribution in [0.2, 0.25) is 0 Å². The zero-order chi connectivity index (χ0) is 10.8. The minimum Gasteiger partial charge on any atom is -0.293 e. The highest BCUT2D eigenvalue weighted by molar-refractivity contribution is 5.42. The number of fused-ring (bicyclic) bond motifs is 1. The normalized spacial score (nSPS) is 14.5. The van der Waals surface area contributed by atoms with E-state index in [1.54, 1.807) is 0 Å². The Kier molecular flexibility index (Phi) is 2.37. The summed E-state index contributed by atoms with van der Waals surface area (Å²) in [7, 11) is 0. The monoisotopic (exact) mass is 213 g/mol. The quantitative estimate of drug-likeness (QED) is 0.831. The lowest BCUT2D eigenvalue weighted by Crippen LogP contribution is -2.14. The summed E-state index contributed by atoms with van der Waals surface area (Å²) in [5.74, 6) is 0. The fourth-order valence-electron chi connectivity index (χ4n) is 2.22. The number of imidazole rings is 1. The topological polar surface area (TPSA) is 29.9 Å². The molecule has 1 heterocycles. The standard InChI is InChI=1S/C13H15N3/c1-2-6-11(7-3-1)15-16-10-14-12-8-4-5-9-13(12)16/h1-3,6-7,10,15H,4-5,8-9H2. The molecule has 2 aromatic rings. The number of benzene rings is 1. The molecular weight excluding hydrogens is 198 g/mol. The van der Waals surface area contributed by atoms with E-state index >= 15 is 0 Å². The Morgan fingerprint density at radius 3 is 2.75 bits per heavy atom. The van der Waals surface area contributed by atoms with Gasteiger partial charge < -0.3 is 0 Å². The molecule has 0 amide bonds. The van der Waals surface area contributed by atoms with E-state index in [1.807, 2.05) is 24.5 Å². The molecule has 0 saturated carbocycles. The van der Waals surface area contributed by atoms with E-state index in [-0.39, 0.29) is 0 Å². The van der Waals surface area contributed by atoms with Gasteiger partial charge in [-0.3, -0.25) is 5.43 Å². The Bertz CT molecular complexity index is 473. The van der Waals surface area contributed by atoms with Crippen molar-refractivity contribution >= 4 is 5.69 Å². The molecule has 0 bridgehead atoms. The van der Waals surface area contributed by atoms with Crippen LogP contribution in [0, 0.1) is 0 Å². The predicted molar refractivity (Wildman–Crippen MR) is 64.3 cm³/mol. The van der Waals surface area contributed by atoms with Crippen molar-refractivity contribution in [3.8, 4) is 0 Å². The van der Waals surface area contributed by atoms with Crippen LogP contribution in [-0.2, 0) is 12.8 Å². The van der Waals surface area contributed by atoms with Crippen LogP contribution in [0.1, 0.15) is 24.2 Å². The van der Waals surface area contributed by atoms with Crippen LogP contribution in [-0.4, -0.2) is 9.66 Å². The van der Waals surface area contributed by atoms with Crippen LogP contribution in [0.3, 0.4) is 0 Å². The van der Waals surface area contributed by atoms with Gasteiger partial charge in [-0.15, -0.1) is 0 Å². The van der Waals surface area contributed by atoms with Crippen molar-refractivity contribution in [3.05, 3.63) is 48.0 Å². The summed E-state index contributed by atoms with van der Waals surface area (Å²) < 4.78 is 2.06. The molecule has 82 valence electrons. The second-order valence-corrected chi connectivity index (χ2v) is 4.19. The van der Waals surface area contributed by atoms with Crippen LogP contribution in [0.4, 0.5) is 5.69 Å². The lowest BCUT2D eigenvalue weighted by Gasteiger charge is -2.15. The molecule has 0 fully saturated rings. The maximum Gasteiger partial charge on any atom is 0.115 e. The Morgan fingerprint density at radius 1 is 1.06 bits per heavy atom. The van der Waals surface area contributed by atoms with Crippen molar-refractivity contribution in [2.75, 3.05) is 5.43 Å². The van der Waals surface area contributed by atoms with Crippen LogP contribution >= 0.6 is 0 Å². The molecule has 1 aromatic carbocycles. The molecular formula is C13H15N3. The molecule has 0 aliphatic heterocycles. The number of aryl methyl sites for hydroxylation is 1. The van der Waals surface area contributed by atoms with Gasteiger partial charge in [-0.25, -0.2) is 9.66 Å². The van der Waals surface area contributed by atoms with E-state index < -0.39 is 0 Å². The first-order valence-corrected chi connectivity index (χ1v) is 5.81. The molecule has 16 heavy (non-hydrogen) atoms. The first-order chi connectivity index (χ1) is 7.93. The second kappa shape index (κ2) is 4.00. The lowest BCUT2D eigenvalue weighted by atomic mass is 10.0. The highest BCUT2D eigenvalue weighted by atomic mass is 15.4. The summed E-state index contributed by atoms with van der Waals surface area (Å²) in [4.78, 5) is 4.45. The molecule has 0 unspecified atom stereocenters. The Hall–Kier alpha value is -1.77. The zero-order valence-corrected chi connectivity index (χ0v) is 9.19. The van der Waals surface area contributed by atoms with E-state index in [9.17, 15) is 0 Å². The van der Waals surface area contributed by atoms with Gasteiger partial charge in [0.25, 0.3) is 0 Å². The first kappa shape index (κ1) is 9.46. The number of para-hydroxylation sites is 1. The first-order valence-electron chi connectivity index (χ1n) is 5.81. The van der Waals surface area contributed by atoms with E-state index in [0.29, 0.717) is 0 Å². The largest absolute Gasteiger partial charge is 0.293 e. The molecule has 1 aliphatic rings. The molecule has 1 aliphatic carbocycles.